The summed E-state index contributed by atoms with van der Waals surface area (Å²) in [6, 6.07) is 11.9. The molecule has 7 nitrogen and oxygen atoms in total. The van der Waals surface area contributed by atoms with Gasteiger partial charge < -0.3 is 5.32 Å². The Kier molecular flexibility index (Phi) is 5.15. The van der Waals surface area contributed by atoms with E-state index in [2.05, 4.69) is 22.2 Å². The molecule has 1 heterocycles. The molecule has 0 unspecified atom stereocenters. The molecule has 144 valence electrons. The molecule has 0 radical (unpaired) electrons. The van der Waals surface area contributed by atoms with Gasteiger partial charge in [-0.05, 0) is 44.0 Å². The van der Waals surface area contributed by atoms with Crippen LogP contribution in [0.4, 0.5) is 15.6 Å². The molecule has 0 atom stereocenters. The Morgan fingerprint density at radius 3 is 2.68 bits per heavy atom. The van der Waals surface area contributed by atoms with E-state index in [1.54, 1.807) is 6.07 Å². The van der Waals surface area contributed by atoms with Crippen molar-refractivity contribution in [1.29, 1.82) is 0 Å². The van der Waals surface area contributed by atoms with E-state index in [1.165, 1.54) is 23.5 Å². The number of amides is 2. The third-order valence-electron chi connectivity index (χ3n) is 4.31. The Hall–Kier alpha value is -3.26. The molecule has 2 N–H and O–H groups in total. The van der Waals surface area contributed by atoms with Crippen molar-refractivity contribution in [2.24, 2.45) is 0 Å². The van der Waals surface area contributed by atoms with Gasteiger partial charge in [0.25, 0.3) is 5.69 Å². The predicted molar refractivity (Wildman–Crippen MR) is 113 cm³/mol. The maximum atomic E-state index is 12.5. The molecule has 0 saturated carbocycles. The number of nitro benzene ring substituents is 1. The monoisotopic (exact) mass is 396 g/mol. The van der Waals surface area contributed by atoms with Crippen molar-refractivity contribution in [3.05, 3.63) is 70.3 Å². The first-order valence-electron chi connectivity index (χ1n) is 8.56. The van der Waals surface area contributed by atoms with E-state index < -0.39 is 16.5 Å². The summed E-state index contributed by atoms with van der Waals surface area (Å²) in [5.41, 5.74) is 2.88. The van der Waals surface area contributed by atoms with Gasteiger partial charge in [-0.2, -0.15) is 0 Å². The highest BCUT2D eigenvalue weighted by molar-refractivity contribution is 7.22. The summed E-state index contributed by atoms with van der Waals surface area (Å²) in [5.74, 6) is 0. The number of nitrogens with one attached hydrogen (secondary N) is 2. The third kappa shape index (κ3) is 4.17. The van der Waals surface area contributed by atoms with Crippen molar-refractivity contribution in [3.63, 3.8) is 0 Å². The van der Waals surface area contributed by atoms with Gasteiger partial charge >= 0.3 is 6.03 Å². The van der Waals surface area contributed by atoms with Crippen LogP contribution in [0.15, 0.2) is 49.0 Å². The van der Waals surface area contributed by atoms with Gasteiger partial charge in [0.05, 0.1) is 20.7 Å². The number of hydrogen-bond acceptors (Lipinski definition) is 5. The van der Waals surface area contributed by atoms with Crippen LogP contribution in [-0.2, 0) is 5.54 Å². The fourth-order valence-electron chi connectivity index (χ4n) is 2.74. The minimum Gasteiger partial charge on any atom is -0.329 e. The summed E-state index contributed by atoms with van der Waals surface area (Å²) in [6.07, 6.45) is 0. The highest BCUT2D eigenvalue weighted by atomic mass is 32.1. The number of allylic oxidation sites excluding steroid dienone is 1. The summed E-state index contributed by atoms with van der Waals surface area (Å²) in [4.78, 5) is 27.2. The van der Waals surface area contributed by atoms with Gasteiger partial charge in [0.15, 0.2) is 5.13 Å². The van der Waals surface area contributed by atoms with Gasteiger partial charge in [0, 0.05) is 12.1 Å². The lowest BCUT2D eigenvalue weighted by Gasteiger charge is -2.27. The summed E-state index contributed by atoms with van der Waals surface area (Å²) < 4.78 is 0.637. The van der Waals surface area contributed by atoms with Gasteiger partial charge in [-0.3, -0.25) is 15.4 Å². The summed E-state index contributed by atoms with van der Waals surface area (Å²) in [5, 5.41) is 16.9. The zero-order chi connectivity index (χ0) is 20.5. The van der Waals surface area contributed by atoms with Crippen LogP contribution in [0.1, 0.15) is 31.9 Å². The van der Waals surface area contributed by atoms with E-state index in [0.29, 0.717) is 15.3 Å². The number of fused-ring (bicyclic) bond motifs is 1. The van der Waals surface area contributed by atoms with Crippen molar-refractivity contribution in [1.82, 2.24) is 10.3 Å². The van der Waals surface area contributed by atoms with Gasteiger partial charge in [-0.25, -0.2) is 9.78 Å². The number of thiazole rings is 1. The van der Waals surface area contributed by atoms with Crippen molar-refractivity contribution in [3.8, 4) is 0 Å². The lowest BCUT2D eigenvalue weighted by atomic mass is 9.92. The summed E-state index contributed by atoms with van der Waals surface area (Å²) in [7, 11) is 0. The topological polar surface area (TPSA) is 97.2 Å². The molecular formula is C20H20N4O3S. The molecule has 28 heavy (non-hydrogen) atoms. The molecule has 8 heteroatoms. The number of nitro groups is 1. The molecule has 2 amide bonds. The lowest BCUT2D eigenvalue weighted by molar-refractivity contribution is -0.384. The largest absolute Gasteiger partial charge is 0.329 e. The number of carbonyl (C=O) groups excluding carboxylic acids is 1. The van der Waals surface area contributed by atoms with E-state index in [0.717, 1.165) is 16.7 Å². The summed E-state index contributed by atoms with van der Waals surface area (Å²) in [6.45, 7) is 9.71. The first-order chi connectivity index (χ1) is 13.2. The molecule has 0 bridgehead atoms. The zero-order valence-corrected chi connectivity index (χ0v) is 16.6. The van der Waals surface area contributed by atoms with Crippen LogP contribution < -0.4 is 10.6 Å². The SMILES string of the molecule is C=C(C)c1cccc(C(C)(C)NC(=O)Nc2nc3ccc([N+](=O)[O-])cc3s2)c1. The number of aromatic nitrogens is 1. The molecule has 0 saturated heterocycles. The Morgan fingerprint density at radius 1 is 1.25 bits per heavy atom. The smallest absolute Gasteiger partial charge is 0.321 e. The fraction of sp³-hybridized carbons (Fsp3) is 0.200. The molecule has 1 aromatic heterocycles. The van der Waals surface area contributed by atoms with Gasteiger partial charge in [0.2, 0.25) is 0 Å². The molecule has 2 aromatic carbocycles. The summed E-state index contributed by atoms with van der Waals surface area (Å²) >= 11 is 1.19. The average molecular weight is 396 g/mol. The van der Waals surface area contributed by atoms with E-state index in [4.69, 9.17) is 0 Å². The first kappa shape index (κ1) is 19.5. The Morgan fingerprint density at radius 2 is 2.00 bits per heavy atom. The second kappa shape index (κ2) is 7.40. The Bertz CT molecular complexity index is 1090. The minimum absolute atomic E-state index is 0.00863. The van der Waals surface area contributed by atoms with Gasteiger partial charge in [-0.15, -0.1) is 0 Å². The number of carbonyl (C=O) groups is 1. The number of rotatable bonds is 5. The third-order valence-corrected chi connectivity index (χ3v) is 5.24. The fourth-order valence-corrected chi connectivity index (χ4v) is 3.63. The Balaban J connectivity index is 1.75. The highest BCUT2D eigenvalue weighted by Crippen LogP contribution is 2.29. The maximum Gasteiger partial charge on any atom is 0.321 e. The number of nitrogens with zero attached hydrogens (tertiary/aromatic N) is 2. The van der Waals surface area contributed by atoms with Crippen LogP contribution in [0.5, 0.6) is 0 Å². The number of hydrogen-bond donors (Lipinski definition) is 2. The number of benzene rings is 2. The van der Waals surface area contributed by atoms with Crippen LogP contribution in [0.25, 0.3) is 15.8 Å². The van der Waals surface area contributed by atoms with Crippen LogP contribution in [-0.4, -0.2) is 15.9 Å². The zero-order valence-electron chi connectivity index (χ0n) is 15.8. The van der Waals surface area contributed by atoms with Crippen LogP contribution in [0.2, 0.25) is 0 Å². The van der Waals surface area contributed by atoms with Gasteiger partial charge in [-0.1, -0.05) is 41.7 Å². The first-order valence-corrected chi connectivity index (χ1v) is 9.38. The van der Waals surface area contributed by atoms with E-state index >= 15 is 0 Å². The van der Waals surface area contributed by atoms with Crippen molar-refractivity contribution >= 4 is 44.0 Å². The number of non-ortho nitro benzene ring substituents is 1. The maximum absolute atomic E-state index is 12.5. The molecule has 3 aromatic rings. The molecule has 0 aliphatic heterocycles. The predicted octanol–water partition coefficient (Wildman–Crippen LogP) is 5.29. The highest BCUT2D eigenvalue weighted by Gasteiger charge is 2.24. The molecule has 0 spiro atoms. The molecule has 0 aliphatic carbocycles. The molecule has 0 fully saturated rings. The van der Waals surface area contributed by atoms with Crippen molar-refractivity contribution in [2.75, 3.05) is 5.32 Å². The van der Waals surface area contributed by atoms with E-state index in [1.807, 2.05) is 45.0 Å². The number of anilines is 1. The quantitative estimate of drug-likeness (QED) is 0.452. The van der Waals surface area contributed by atoms with Crippen LogP contribution >= 0.6 is 11.3 Å². The second-order valence-corrected chi connectivity index (χ2v) is 8.02. The Labute approximate surface area is 166 Å². The van der Waals surface area contributed by atoms with Crippen LogP contribution in [0, 0.1) is 10.1 Å². The van der Waals surface area contributed by atoms with Crippen molar-refractivity contribution < 1.29 is 9.72 Å². The second-order valence-electron chi connectivity index (χ2n) is 6.99. The van der Waals surface area contributed by atoms with E-state index in [9.17, 15) is 14.9 Å². The minimum atomic E-state index is -0.620. The molecule has 0 aliphatic rings. The van der Waals surface area contributed by atoms with Crippen molar-refractivity contribution in [2.45, 2.75) is 26.3 Å². The molecular weight excluding hydrogens is 376 g/mol. The van der Waals surface area contributed by atoms with Gasteiger partial charge in [0.1, 0.15) is 0 Å². The van der Waals surface area contributed by atoms with Crippen LogP contribution in [0.3, 0.4) is 0 Å². The normalized spacial score (nSPS) is 11.2. The average Bonchev–Trinajstić information content (AvgIpc) is 3.02. The standard InChI is InChI=1S/C20H20N4O3S/c1-12(2)13-6-5-7-14(10-13)20(3,4)23-18(25)22-19-21-16-9-8-15(24(26)27)11-17(16)28-19/h5-11H,1H2,2-4H3,(H2,21,22,23,25). The lowest BCUT2D eigenvalue weighted by Crippen LogP contribution is -2.43. The van der Waals surface area contributed by atoms with E-state index in [-0.39, 0.29) is 5.69 Å². The molecule has 3 rings (SSSR count). The number of urea groups is 1.